The Hall–Kier alpha value is -3.15. The molecular formula is C32H38N4O4S2. The highest BCUT2D eigenvalue weighted by Gasteiger charge is 2.26. The Morgan fingerprint density at radius 2 is 1.71 bits per heavy atom. The maximum atomic E-state index is 13.9. The van der Waals surface area contributed by atoms with E-state index in [0.717, 1.165) is 66.2 Å². The maximum absolute atomic E-state index is 13.9. The van der Waals surface area contributed by atoms with Crippen molar-refractivity contribution in [1.82, 2.24) is 14.2 Å². The van der Waals surface area contributed by atoms with E-state index in [2.05, 4.69) is 30.9 Å². The highest BCUT2D eigenvalue weighted by molar-refractivity contribution is 7.89. The number of aromatic nitrogens is 1. The van der Waals surface area contributed by atoms with E-state index in [0.29, 0.717) is 23.8 Å². The zero-order valence-corrected chi connectivity index (χ0v) is 26.1. The summed E-state index contributed by atoms with van der Waals surface area (Å²) in [6.45, 7) is 11.2. The number of carbonyl (C=O) groups excluding carboxylic acids is 1. The molecule has 4 aromatic rings. The monoisotopic (exact) mass is 606 g/mol. The molecule has 1 aliphatic heterocycles. The molecule has 0 radical (unpaired) electrons. The number of sulfonamides is 1. The van der Waals surface area contributed by atoms with Gasteiger partial charge in [-0.05, 0) is 67.3 Å². The van der Waals surface area contributed by atoms with Crippen LogP contribution in [0.5, 0.6) is 0 Å². The van der Waals surface area contributed by atoms with Crippen molar-refractivity contribution in [2.24, 2.45) is 0 Å². The zero-order chi connectivity index (χ0) is 29.7. The standard InChI is InChI=1S/C32H38N4O4S2/c1-4-35(23-26-9-6-5-7-10-26)42(38,39)28-14-12-27(13-15-28)31(37)36(18-8-17-34-19-21-40-22-20-34)32-33-30-25(3)24(2)11-16-29(30)41-32/h5-7,9-16H,4,8,17-23H2,1-3H3. The third kappa shape index (κ3) is 6.74. The molecule has 1 fully saturated rings. The van der Waals surface area contributed by atoms with Crippen molar-refractivity contribution in [2.75, 3.05) is 50.8 Å². The third-order valence-corrected chi connectivity index (χ3v) is 10.8. The number of benzene rings is 3. The Morgan fingerprint density at radius 1 is 1.00 bits per heavy atom. The minimum absolute atomic E-state index is 0.168. The molecule has 42 heavy (non-hydrogen) atoms. The van der Waals surface area contributed by atoms with Crippen LogP contribution in [0.3, 0.4) is 0 Å². The molecule has 0 bridgehead atoms. The minimum atomic E-state index is -3.73. The Labute approximate surface area is 252 Å². The van der Waals surface area contributed by atoms with Gasteiger partial charge in [0.05, 0.1) is 28.3 Å². The summed E-state index contributed by atoms with van der Waals surface area (Å²) < 4.78 is 34.9. The number of rotatable bonds is 11. The van der Waals surface area contributed by atoms with E-state index in [1.165, 1.54) is 27.8 Å². The molecule has 0 atom stereocenters. The Kier molecular flexibility index (Phi) is 9.70. The quantitative estimate of drug-likeness (QED) is 0.225. The van der Waals surface area contributed by atoms with Gasteiger partial charge in [0, 0.05) is 44.8 Å². The topological polar surface area (TPSA) is 83.1 Å². The van der Waals surface area contributed by atoms with Gasteiger partial charge in [0.25, 0.3) is 5.91 Å². The number of ether oxygens (including phenoxy) is 1. The molecule has 8 nitrogen and oxygen atoms in total. The second-order valence-corrected chi connectivity index (χ2v) is 13.5. The lowest BCUT2D eigenvalue weighted by molar-refractivity contribution is 0.0376. The van der Waals surface area contributed by atoms with Crippen molar-refractivity contribution < 1.29 is 17.9 Å². The van der Waals surface area contributed by atoms with Crippen molar-refractivity contribution in [3.8, 4) is 0 Å². The fraction of sp³-hybridized carbons (Fsp3) is 0.375. The Morgan fingerprint density at radius 3 is 2.40 bits per heavy atom. The number of nitrogens with zero attached hydrogens (tertiary/aromatic N) is 4. The first-order valence-corrected chi connectivity index (χ1v) is 16.7. The Bertz CT molecular complexity index is 1620. The largest absolute Gasteiger partial charge is 0.379 e. The van der Waals surface area contributed by atoms with Crippen LogP contribution >= 0.6 is 11.3 Å². The number of carbonyl (C=O) groups is 1. The highest BCUT2D eigenvalue weighted by Crippen LogP contribution is 2.33. The van der Waals surface area contributed by atoms with Crippen LogP contribution in [0.4, 0.5) is 5.13 Å². The molecule has 1 aromatic heterocycles. The summed E-state index contributed by atoms with van der Waals surface area (Å²) in [4.78, 5) is 23.1. The zero-order valence-electron chi connectivity index (χ0n) is 24.5. The van der Waals surface area contributed by atoms with E-state index < -0.39 is 10.0 Å². The number of fused-ring (bicyclic) bond motifs is 1. The lowest BCUT2D eigenvalue weighted by Crippen LogP contribution is -2.39. The Balaban J connectivity index is 1.38. The molecule has 0 spiro atoms. The fourth-order valence-electron chi connectivity index (χ4n) is 5.12. The molecule has 0 aliphatic carbocycles. The number of amides is 1. The van der Waals surface area contributed by atoms with Crippen LogP contribution in [0, 0.1) is 13.8 Å². The maximum Gasteiger partial charge on any atom is 0.260 e. The fourth-order valence-corrected chi connectivity index (χ4v) is 7.61. The number of hydrogen-bond acceptors (Lipinski definition) is 7. The molecule has 2 heterocycles. The molecule has 1 saturated heterocycles. The molecule has 0 unspecified atom stereocenters. The van der Waals surface area contributed by atoms with Gasteiger partial charge in [0.1, 0.15) is 0 Å². The molecule has 0 saturated carbocycles. The summed E-state index contributed by atoms with van der Waals surface area (Å²) in [6, 6.07) is 20.0. The van der Waals surface area contributed by atoms with E-state index in [1.54, 1.807) is 17.0 Å². The molecule has 3 aromatic carbocycles. The van der Waals surface area contributed by atoms with Crippen LogP contribution in [0.2, 0.25) is 0 Å². The van der Waals surface area contributed by atoms with E-state index in [9.17, 15) is 13.2 Å². The summed E-state index contributed by atoms with van der Waals surface area (Å²) >= 11 is 1.51. The average Bonchev–Trinajstić information content (AvgIpc) is 3.45. The van der Waals surface area contributed by atoms with Gasteiger partial charge in [-0.2, -0.15) is 4.31 Å². The van der Waals surface area contributed by atoms with Crippen LogP contribution in [0.25, 0.3) is 10.2 Å². The number of anilines is 1. The van der Waals surface area contributed by atoms with E-state index >= 15 is 0 Å². The van der Waals surface area contributed by atoms with Gasteiger partial charge in [-0.15, -0.1) is 0 Å². The molecule has 222 valence electrons. The van der Waals surface area contributed by atoms with Crippen molar-refractivity contribution in [3.63, 3.8) is 0 Å². The number of morpholine rings is 1. The second-order valence-electron chi connectivity index (χ2n) is 10.6. The molecular weight excluding hydrogens is 569 g/mol. The van der Waals surface area contributed by atoms with Crippen LogP contribution in [-0.2, 0) is 21.3 Å². The van der Waals surface area contributed by atoms with Gasteiger partial charge in [0.15, 0.2) is 5.13 Å². The van der Waals surface area contributed by atoms with Crippen molar-refractivity contribution in [1.29, 1.82) is 0 Å². The van der Waals surface area contributed by atoms with Gasteiger partial charge in [-0.25, -0.2) is 13.4 Å². The third-order valence-electron chi connectivity index (χ3n) is 7.80. The van der Waals surface area contributed by atoms with Crippen LogP contribution < -0.4 is 4.90 Å². The van der Waals surface area contributed by atoms with E-state index in [4.69, 9.17) is 9.72 Å². The SMILES string of the molecule is CCN(Cc1ccccc1)S(=O)(=O)c1ccc(C(=O)N(CCCN2CCOCC2)c2nc3c(C)c(C)ccc3s2)cc1. The number of hydrogen-bond donors (Lipinski definition) is 0. The van der Waals surface area contributed by atoms with Crippen molar-refractivity contribution in [2.45, 2.75) is 38.6 Å². The van der Waals surface area contributed by atoms with Gasteiger partial charge in [-0.1, -0.05) is 54.7 Å². The van der Waals surface area contributed by atoms with E-state index in [1.807, 2.05) is 37.3 Å². The van der Waals surface area contributed by atoms with Crippen LogP contribution in [-0.4, -0.2) is 74.5 Å². The predicted octanol–water partition coefficient (Wildman–Crippen LogP) is 5.49. The van der Waals surface area contributed by atoms with Crippen molar-refractivity contribution in [3.05, 3.63) is 89.0 Å². The summed E-state index contributed by atoms with van der Waals surface area (Å²) in [5.74, 6) is -0.189. The summed E-state index contributed by atoms with van der Waals surface area (Å²) in [5.41, 5.74) is 4.54. The smallest absolute Gasteiger partial charge is 0.260 e. The molecule has 0 N–H and O–H groups in total. The summed E-state index contributed by atoms with van der Waals surface area (Å²) in [7, 11) is -3.73. The van der Waals surface area contributed by atoms with Gasteiger partial charge < -0.3 is 4.74 Å². The van der Waals surface area contributed by atoms with Crippen LogP contribution in [0.1, 0.15) is 40.4 Å². The van der Waals surface area contributed by atoms with Crippen LogP contribution in [0.15, 0.2) is 71.6 Å². The first-order chi connectivity index (χ1) is 20.3. The lowest BCUT2D eigenvalue weighted by Gasteiger charge is -2.27. The first kappa shape index (κ1) is 30.3. The van der Waals surface area contributed by atoms with Gasteiger partial charge in [-0.3, -0.25) is 14.6 Å². The van der Waals surface area contributed by atoms with E-state index in [-0.39, 0.29) is 17.3 Å². The highest BCUT2D eigenvalue weighted by atomic mass is 32.2. The molecule has 10 heteroatoms. The van der Waals surface area contributed by atoms with Crippen molar-refractivity contribution >= 4 is 42.6 Å². The van der Waals surface area contributed by atoms with Gasteiger partial charge in [0.2, 0.25) is 10.0 Å². The van der Waals surface area contributed by atoms with Gasteiger partial charge >= 0.3 is 0 Å². The number of aryl methyl sites for hydroxylation is 2. The molecule has 5 rings (SSSR count). The summed E-state index contributed by atoms with van der Waals surface area (Å²) in [6.07, 6.45) is 0.789. The average molecular weight is 607 g/mol. The lowest BCUT2D eigenvalue weighted by atomic mass is 10.1. The first-order valence-electron chi connectivity index (χ1n) is 14.4. The minimum Gasteiger partial charge on any atom is -0.379 e. The molecule has 1 amide bonds. The second kappa shape index (κ2) is 13.4. The number of thiazole rings is 1. The summed E-state index contributed by atoms with van der Waals surface area (Å²) in [5, 5.41) is 0.655. The predicted molar refractivity (Wildman–Crippen MR) is 169 cm³/mol. The molecule has 1 aliphatic rings. The normalized spacial score (nSPS) is 14.5.